The van der Waals surface area contributed by atoms with Crippen LogP contribution in [0.15, 0.2) is 41.6 Å². The van der Waals surface area contributed by atoms with E-state index in [1.165, 1.54) is 12.3 Å². The summed E-state index contributed by atoms with van der Waals surface area (Å²) in [6, 6.07) is 8.47. The number of aromatic amines is 1. The summed E-state index contributed by atoms with van der Waals surface area (Å²) in [4.78, 5) is 4.11. The lowest BCUT2D eigenvalue weighted by molar-refractivity contribution is 0.602. The van der Waals surface area contributed by atoms with E-state index in [9.17, 15) is 8.42 Å². The topological polar surface area (TPSA) is 125 Å². The molecule has 23 heavy (non-hydrogen) atoms. The minimum absolute atomic E-state index is 0.0934. The highest BCUT2D eigenvalue weighted by Gasteiger charge is 2.21. The molecule has 8 nitrogen and oxygen atoms in total. The number of nitrogens with one attached hydrogen (secondary N) is 1. The molecular weight excluding hydrogens is 316 g/mol. The SMILES string of the molecule is CS(=O)(=O)c1cccc(-c2cncc(C#N)c2)c1-c1nnn[nH]1. The first kappa shape index (κ1) is 14.8. The average molecular weight is 326 g/mol. The van der Waals surface area contributed by atoms with Gasteiger partial charge < -0.3 is 0 Å². The molecule has 0 aliphatic heterocycles. The van der Waals surface area contributed by atoms with E-state index in [4.69, 9.17) is 5.26 Å². The van der Waals surface area contributed by atoms with Crippen LogP contribution in [0.2, 0.25) is 0 Å². The van der Waals surface area contributed by atoms with Crippen molar-refractivity contribution < 1.29 is 8.42 Å². The molecule has 0 aliphatic carbocycles. The summed E-state index contributed by atoms with van der Waals surface area (Å²) in [6.45, 7) is 0. The van der Waals surface area contributed by atoms with Gasteiger partial charge in [-0.1, -0.05) is 12.1 Å². The number of aromatic nitrogens is 5. The van der Waals surface area contributed by atoms with Gasteiger partial charge in [0.05, 0.1) is 10.5 Å². The molecule has 2 aromatic heterocycles. The molecule has 0 spiro atoms. The van der Waals surface area contributed by atoms with E-state index in [1.807, 2.05) is 6.07 Å². The Kier molecular flexibility index (Phi) is 3.59. The highest BCUT2D eigenvalue weighted by Crippen LogP contribution is 2.35. The normalized spacial score (nSPS) is 11.1. The molecule has 0 aliphatic rings. The molecule has 0 radical (unpaired) electrons. The van der Waals surface area contributed by atoms with E-state index in [0.717, 1.165) is 6.26 Å². The summed E-state index contributed by atoms with van der Waals surface area (Å²) in [7, 11) is -3.51. The number of H-pyrrole nitrogens is 1. The van der Waals surface area contributed by atoms with Gasteiger partial charge in [-0.25, -0.2) is 13.5 Å². The van der Waals surface area contributed by atoms with Gasteiger partial charge in [-0.2, -0.15) is 5.26 Å². The van der Waals surface area contributed by atoms with Crippen LogP contribution < -0.4 is 0 Å². The fourth-order valence-corrected chi connectivity index (χ4v) is 3.14. The Labute approximate surface area is 131 Å². The van der Waals surface area contributed by atoms with Crippen molar-refractivity contribution in [3.8, 4) is 28.6 Å². The molecule has 3 rings (SSSR count). The van der Waals surface area contributed by atoms with Gasteiger partial charge in [-0.05, 0) is 28.1 Å². The predicted octanol–water partition coefficient (Wildman–Crippen LogP) is 1.20. The fraction of sp³-hybridized carbons (Fsp3) is 0.0714. The Morgan fingerprint density at radius 2 is 2.09 bits per heavy atom. The van der Waals surface area contributed by atoms with E-state index in [0.29, 0.717) is 22.3 Å². The molecule has 3 aromatic rings. The maximum Gasteiger partial charge on any atom is 0.181 e. The van der Waals surface area contributed by atoms with Crippen LogP contribution in [0.1, 0.15) is 5.56 Å². The summed E-state index contributed by atoms with van der Waals surface area (Å²) >= 11 is 0. The number of rotatable bonds is 3. The Morgan fingerprint density at radius 3 is 2.74 bits per heavy atom. The zero-order chi connectivity index (χ0) is 16.4. The molecule has 1 N–H and O–H groups in total. The van der Waals surface area contributed by atoms with Crippen LogP contribution in [0.25, 0.3) is 22.5 Å². The van der Waals surface area contributed by atoms with Crippen LogP contribution in [-0.2, 0) is 9.84 Å². The molecule has 1 aromatic carbocycles. The van der Waals surface area contributed by atoms with Gasteiger partial charge in [0.2, 0.25) is 0 Å². The lowest BCUT2D eigenvalue weighted by Crippen LogP contribution is -2.02. The van der Waals surface area contributed by atoms with Crippen LogP contribution in [0.4, 0.5) is 0 Å². The summed E-state index contributed by atoms with van der Waals surface area (Å²) < 4.78 is 24.2. The molecule has 0 fully saturated rings. The molecule has 0 saturated carbocycles. The molecule has 0 bridgehead atoms. The molecule has 0 atom stereocenters. The predicted molar refractivity (Wildman–Crippen MR) is 80.7 cm³/mol. The number of pyridine rings is 1. The van der Waals surface area contributed by atoms with Crippen molar-refractivity contribution in [1.29, 1.82) is 5.26 Å². The van der Waals surface area contributed by atoms with Crippen molar-refractivity contribution in [2.24, 2.45) is 0 Å². The largest absolute Gasteiger partial charge is 0.263 e. The molecule has 0 amide bonds. The first-order valence-electron chi connectivity index (χ1n) is 6.43. The second-order valence-corrected chi connectivity index (χ2v) is 6.76. The van der Waals surface area contributed by atoms with Crippen molar-refractivity contribution in [3.63, 3.8) is 0 Å². The van der Waals surface area contributed by atoms with Crippen LogP contribution in [0.3, 0.4) is 0 Å². The first-order chi connectivity index (χ1) is 11.0. The van der Waals surface area contributed by atoms with Crippen molar-refractivity contribution in [2.75, 3.05) is 6.26 Å². The van der Waals surface area contributed by atoms with Crippen molar-refractivity contribution in [1.82, 2.24) is 25.6 Å². The zero-order valence-electron chi connectivity index (χ0n) is 11.9. The second kappa shape index (κ2) is 5.58. The summed E-state index contributed by atoms with van der Waals surface area (Å²) in [5.74, 6) is 0.225. The minimum atomic E-state index is -3.51. The number of hydrogen-bond donors (Lipinski definition) is 1. The van der Waals surface area contributed by atoms with Crippen molar-refractivity contribution in [3.05, 3.63) is 42.2 Å². The van der Waals surface area contributed by atoms with E-state index >= 15 is 0 Å². The third-order valence-corrected chi connectivity index (χ3v) is 4.33. The van der Waals surface area contributed by atoms with E-state index in [-0.39, 0.29) is 10.7 Å². The Bertz CT molecular complexity index is 1010. The molecule has 0 saturated heterocycles. The standard InChI is InChI=1S/C14H10N6O2S/c1-23(21,22)12-4-2-3-11(13(12)14-17-19-20-18-14)10-5-9(6-15)7-16-8-10/h2-5,7-8H,1H3,(H,17,18,19,20). The highest BCUT2D eigenvalue weighted by molar-refractivity contribution is 7.90. The van der Waals surface area contributed by atoms with Gasteiger partial charge in [-0.3, -0.25) is 4.98 Å². The number of nitriles is 1. The molecule has 0 unspecified atom stereocenters. The number of nitrogens with zero attached hydrogens (tertiary/aromatic N) is 5. The smallest absolute Gasteiger partial charge is 0.181 e. The monoisotopic (exact) mass is 326 g/mol. The highest BCUT2D eigenvalue weighted by atomic mass is 32.2. The molecule has 114 valence electrons. The van der Waals surface area contributed by atoms with Gasteiger partial charge in [0.15, 0.2) is 15.7 Å². The van der Waals surface area contributed by atoms with E-state index in [2.05, 4.69) is 25.6 Å². The quantitative estimate of drug-likeness (QED) is 0.766. The van der Waals surface area contributed by atoms with Crippen molar-refractivity contribution in [2.45, 2.75) is 4.90 Å². The third kappa shape index (κ3) is 2.79. The Morgan fingerprint density at radius 1 is 1.26 bits per heavy atom. The third-order valence-electron chi connectivity index (χ3n) is 3.19. The van der Waals surface area contributed by atoms with Gasteiger partial charge in [-0.15, -0.1) is 5.10 Å². The van der Waals surface area contributed by atoms with Crippen LogP contribution >= 0.6 is 0 Å². The Hall–Kier alpha value is -3.12. The van der Waals surface area contributed by atoms with Gasteiger partial charge in [0, 0.05) is 29.8 Å². The second-order valence-electron chi connectivity index (χ2n) is 4.77. The summed E-state index contributed by atoms with van der Waals surface area (Å²) in [5.41, 5.74) is 1.88. The first-order valence-corrected chi connectivity index (χ1v) is 8.32. The van der Waals surface area contributed by atoms with E-state index in [1.54, 1.807) is 24.4 Å². The number of sulfone groups is 1. The van der Waals surface area contributed by atoms with E-state index < -0.39 is 9.84 Å². The molecule has 9 heteroatoms. The maximum atomic E-state index is 12.1. The van der Waals surface area contributed by atoms with Crippen LogP contribution in [0, 0.1) is 11.3 Å². The average Bonchev–Trinajstić information content (AvgIpc) is 3.07. The molecular formula is C14H10N6O2S. The summed E-state index contributed by atoms with van der Waals surface area (Å²) in [6.07, 6.45) is 4.10. The Balaban J connectivity index is 2.36. The van der Waals surface area contributed by atoms with Crippen LogP contribution in [-0.4, -0.2) is 40.3 Å². The lowest BCUT2D eigenvalue weighted by Gasteiger charge is -2.11. The maximum absolute atomic E-state index is 12.1. The zero-order valence-corrected chi connectivity index (χ0v) is 12.7. The minimum Gasteiger partial charge on any atom is -0.263 e. The number of benzene rings is 1. The number of hydrogen-bond acceptors (Lipinski definition) is 7. The lowest BCUT2D eigenvalue weighted by atomic mass is 9.99. The van der Waals surface area contributed by atoms with Gasteiger partial charge >= 0.3 is 0 Å². The fourth-order valence-electron chi connectivity index (χ4n) is 2.24. The molecule has 2 heterocycles. The number of tetrazole rings is 1. The van der Waals surface area contributed by atoms with Crippen LogP contribution in [0.5, 0.6) is 0 Å². The summed E-state index contributed by atoms with van der Waals surface area (Å²) in [5, 5.41) is 22.4. The van der Waals surface area contributed by atoms with Crippen molar-refractivity contribution >= 4 is 9.84 Å². The van der Waals surface area contributed by atoms with Gasteiger partial charge in [0.1, 0.15) is 6.07 Å². The van der Waals surface area contributed by atoms with Gasteiger partial charge in [0.25, 0.3) is 0 Å².